The van der Waals surface area contributed by atoms with E-state index < -0.39 is 23.9 Å². The molecule has 45 heavy (non-hydrogen) atoms. The Morgan fingerprint density at radius 3 is 1.84 bits per heavy atom. The number of primary amides is 2. The molecular weight excluding hydrogens is 570 g/mol. The van der Waals surface area contributed by atoms with Crippen LogP contribution in [0.15, 0.2) is 97.1 Å². The average Bonchev–Trinajstić information content (AvgIpc) is 3.06. The van der Waals surface area contributed by atoms with Gasteiger partial charge in [-0.3, -0.25) is 9.59 Å². The first-order valence-corrected chi connectivity index (χ1v) is 14.2. The third-order valence-corrected chi connectivity index (χ3v) is 7.46. The van der Waals surface area contributed by atoms with E-state index in [-0.39, 0.29) is 25.4 Å². The molecule has 0 saturated carbocycles. The maximum atomic E-state index is 14.8. The van der Waals surface area contributed by atoms with E-state index in [4.69, 9.17) is 20.9 Å². The third kappa shape index (κ3) is 8.39. The Labute approximate surface area is 262 Å². The number of nitrogens with zero attached hydrogens (tertiary/aromatic N) is 2. The van der Waals surface area contributed by atoms with Crippen molar-refractivity contribution >= 4 is 17.8 Å². The van der Waals surface area contributed by atoms with Gasteiger partial charge in [0.25, 0.3) is 0 Å². The van der Waals surface area contributed by atoms with E-state index >= 15 is 0 Å². The quantitative estimate of drug-likeness (QED) is 0.209. The van der Waals surface area contributed by atoms with Crippen LogP contribution in [0.1, 0.15) is 39.3 Å². The Balaban J connectivity index is 1.79. The van der Waals surface area contributed by atoms with Crippen molar-refractivity contribution in [2.75, 3.05) is 14.2 Å². The molecule has 230 valence electrons. The monoisotopic (exact) mass is 605 g/mol. The molecule has 0 aliphatic heterocycles. The smallest absolute Gasteiger partial charge is 0.312 e. The Hall–Kier alpha value is -5.82. The Kier molecular flexibility index (Phi) is 10.8. The molecule has 0 bridgehead atoms. The molecule has 0 fully saturated rings. The first-order chi connectivity index (χ1) is 21.7. The lowest BCUT2D eigenvalue weighted by atomic mass is 9.88. The summed E-state index contributed by atoms with van der Waals surface area (Å²) in [6, 6.07) is 29.0. The molecule has 0 saturated heterocycles. The van der Waals surface area contributed by atoms with Crippen molar-refractivity contribution in [3.8, 4) is 17.6 Å². The zero-order valence-electron chi connectivity index (χ0n) is 25.1. The molecule has 10 heteroatoms. The number of nitriles is 1. The lowest BCUT2D eigenvalue weighted by molar-refractivity contribution is -0.140. The summed E-state index contributed by atoms with van der Waals surface area (Å²) in [5, 5.41) is 12.0. The van der Waals surface area contributed by atoms with Crippen LogP contribution in [0.2, 0.25) is 0 Å². The van der Waals surface area contributed by atoms with E-state index in [1.54, 1.807) is 62.8 Å². The number of hydrogen-bond acceptors (Lipinski definition) is 6. The van der Waals surface area contributed by atoms with E-state index in [2.05, 4.69) is 11.4 Å². The van der Waals surface area contributed by atoms with Crippen molar-refractivity contribution in [3.05, 3.63) is 130 Å². The summed E-state index contributed by atoms with van der Waals surface area (Å²) in [6.07, 6.45) is 0.106. The molecule has 5 N–H and O–H groups in total. The Morgan fingerprint density at radius 2 is 1.36 bits per heavy atom. The number of hydrogen-bond donors (Lipinski definition) is 3. The number of methoxy groups -OCH3 is 2. The van der Waals surface area contributed by atoms with Gasteiger partial charge in [-0.2, -0.15) is 5.26 Å². The highest BCUT2D eigenvalue weighted by Crippen LogP contribution is 2.32. The van der Waals surface area contributed by atoms with Crippen molar-refractivity contribution in [2.45, 2.75) is 31.5 Å². The second-order valence-corrected chi connectivity index (χ2v) is 10.4. The first-order valence-electron chi connectivity index (χ1n) is 14.2. The van der Waals surface area contributed by atoms with Crippen LogP contribution < -0.4 is 26.3 Å². The SMILES string of the molecule is COc1ccc(C(C(=O)N(Cc2ccc(CNC(N)=O)cc2)[C@H](Cc2cccc(C#N)c2)C(N)=O)c2ccc(OC)cc2)cc1. The van der Waals surface area contributed by atoms with Crippen molar-refractivity contribution in [1.29, 1.82) is 5.26 Å². The summed E-state index contributed by atoms with van der Waals surface area (Å²) < 4.78 is 10.7. The Morgan fingerprint density at radius 1 is 0.800 bits per heavy atom. The van der Waals surface area contributed by atoms with E-state index in [0.717, 1.165) is 11.1 Å². The van der Waals surface area contributed by atoms with Crippen LogP contribution in [-0.2, 0) is 29.1 Å². The number of amides is 4. The zero-order chi connectivity index (χ0) is 32.3. The van der Waals surface area contributed by atoms with Gasteiger partial charge in [0.15, 0.2) is 0 Å². The fourth-order valence-corrected chi connectivity index (χ4v) is 5.08. The highest BCUT2D eigenvalue weighted by atomic mass is 16.5. The predicted molar refractivity (Wildman–Crippen MR) is 169 cm³/mol. The molecule has 0 radical (unpaired) electrons. The highest BCUT2D eigenvalue weighted by molar-refractivity contribution is 5.92. The lowest BCUT2D eigenvalue weighted by Crippen LogP contribution is -2.50. The number of carbonyl (C=O) groups is 3. The van der Waals surface area contributed by atoms with Crippen LogP contribution in [0.4, 0.5) is 4.79 Å². The fourth-order valence-electron chi connectivity index (χ4n) is 5.08. The number of nitrogens with two attached hydrogens (primary N) is 2. The van der Waals surface area contributed by atoms with E-state index in [1.807, 2.05) is 48.5 Å². The molecule has 0 aliphatic rings. The summed E-state index contributed by atoms with van der Waals surface area (Å²) >= 11 is 0. The van der Waals surface area contributed by atoms with Gasteiger partial charge in [-0.1, -0.05) is 60.7 Å². The fraction of sp³-hybridized carbons (Fsp3) is 0.200. The lowest BCUT2D eigenvalue weighted by Gasteiger charge is -2.34. The van der Waals surface area contributed by atoms with Crippen molar-refractivity contribution in [3.63, 3.8) is 0 Å². The normalized spacial score (nSPS) is 11.2. The summed E-state index contributed by atoms with van der Waals surface area (Å²) in [6.45, 7) is 0.311. The predicted octanol–water partition coefficient (Wildman–Crippen LogP) is 4.00. The maximum absolute atomic E-state index is 14.8. The van der Waals surface area contributed by atoms with Crippen molar-refractivity contribution in [2.24, 2.45) is 11.5 Å². The Bertz CT molecular complexity index is 1620. The van der Waals surface area contributed by atoms with Crippen LogP contribution in [0.25, 0.3) is 0 Å². The van der Waals surface area contributed by atoms with Crippen LogP contribution in [0, 0.1) is 11.3 Å². The topological polar surface area (TPSA) is 161 Å². The molecule has 4 aromatic rings. The van der Waals surface area contributed by atoms with Crippen molar-refractivity contribution in [1.82, 2.24) is 10.2 Å². The third-order valence-electron chi connectivity index (χ3n) is 7.46. The summed E-state index contributed by atoms with van der Waals surface area (Å²) in [5.74, 6) is -0.556. The van der Waals surface area contributed by atoms with Gasteiger partial charge in [0.2, 0.25) is 11.8 Å². The molecule has 4 amide bonds. The van der Waals surface area contributed by atoms with Gasteiger partial charge in [-0.15, -0.1) is 0 Å². The second kappa shape index (κ2) is 15.1. The number of ether oxygens (including phenoxy) is 2. The van der Waals surface area contributed by atoms with Crippen molar-refractivity contribution < 1.29 is 23.9 Å². The molecule has 0 spiro atoms. The van der Waals surface area contributed by atoms with Crippen LogP contribution in [0.3, 0.4) is 0 Å². The summed E-state index contributed by atoms with van der Waals surface area (Å²) in [5.41, 5.74) is 15.3. The number of nitrogens with one attached hydrogen (secondary N) is 1. The van der Waals surface area contributed by atoms with Gasteiger partial charge >= 0.3 is 6.03 Å². The van der Waals surface area contributed by atoms with Crippen LogP contribution in [-0.4, -0.2) is 43.0 Å². The number of urea groups is 1. The van der Waals surface area contributed by atoms with Gasteiger partial charge in [-0.25, -0.2) is 4.79 Å². The number of rotatable bonds is 13. The molecule has 4 aromatic carbocycles. The van der Waals surface area contributed by atoms with E-state index in [0.29, 0.717) is 33.8 Å². The molecule has 0 aromatic heterocycles. The van der Waals surface area contributed by atoms with Gasteiger partial charge in [0, 0.05) is 19.5 Å². The standard InChI is InChI=1S/C35H35N5O5/c1-44-29-14-10-27(11-15-29)32(28-12-16-30(45-2)17-13-28)34(42)40(22-24-8-6-23(7-9-24)21-39-35(38)43)31(33(37)41)19-25-4-3-5-26(18-25)20-36/h3-18,31-32H,19,21-22H2,1-2H3,(H2,37,41)(H3,38,39,43)/t31-/m1/s1. The van der Waals surface area contributed by atoms with Crippen LogP contribution in [0.5, 0.6) is 11.5 Å². The molecule has 0 unspecified atom stereocenters. The number of carbonyl (C=O) groups excluding carboxylic acids is 3. The highest BCUT2D eigenvalue weighted by Gasteiger charge is 2.35. The molecule has 4 rings (SSSR count). The summed E-state index contributed by atoms with van der Waals surface area (Å²) in [7, 11) is 3.13. The second-order valence-electron chi connectivity index (χ2n) is 10.4. The molecule has 0 heterocycles. The molecule has 10 nitrogen and oxygen atoms in total. The minimum atomic E-state index is -1.04. The minimum Gasteiger partial charge on any atom is -0.497 e. The average molecular weight is 606 g/mol. The molecule has 1 atom stereocenters. The largest absolute Gasteiger partial charge is 0.497 e. The van der Waals surface area contributed by atoms with Crippen LogP contribution >= 0.6 is 0 Å². The van der Waals surface area contributed by atoms with Gasteiger partial charge in [0.1, 0.15) is 17.5 Å². The van der Waals surface area contributed by atoms with E-state index in [1.165, 1.54) is 4.90 Å². The van der Waals surface area contributed by atoms with E-state index in [9.17, 15) is 19.6 Å². The van der Waals surface area contributed by atoms with Gasteiger partial charge < -0.3 is 31.2 Å². The number of benzene rings is 4. The van der Waals surface area contributed by atoms with Gasteiger partial charge in [0.05, 0.1) is 31.8 Å². The zero-order valence-corrected chi connectivity index (χ0v) is 25.1. The van der Waals surface area contributed by atoms with Gasteiger partial charge in [-0.05, 0) is 64.2 Å². The maximum Gasteiger partial charge on any atom is 0.312 e. The molecular formula is C35H35N5O5. The minimum absolute atomic E-state index is 0.0662. The summed E-state index contributed by atoms with van der Waals surface area (Å²) in [4.78, 5) is 40.6. The molecule has 0 aliphatic carbocycles. The first kappa shape index (κ1) is 32.1.